The molecule has 0 unspecified atom stereocenters. The van der Waals surface area contributed by atoms with Crippen LogP contribution in [0.1, 0.15) is 106 Å². The molecule has 2 aliphatic rings. The lowest BCUT2D eigenvalue weighted by atomic mass is 9.98. The van der Waals surface area contributed by atoms with E-state index in [1.165, 1.54) is 25.7 Å². The second kappa shape index (κ2) is 13.0. The number of hydrogen-bond donors (Lipinski definition) is 0. The quantitative estimate of drug-likeness (QED) is 0.232. The van der Waals surface area contributed by atoms with E-state index in [4.69, 9.17) is 0 Å². The molecule has 2 aromatic carbocycles. The van der Waals surface area contributed by atoms with Crippen LogP contribution in [0.4, 0.5) is 0 Å². The van der Waals surface area contributed by atoms with Crippen molar-refractivity contribution in [2.24, 2.45) is 11.8 Å². The molecule has 0 aliphatic carbocycles. The topological polar surface area (TPSA) is 45.6 Å². The second-order valence-corrected chi connectivity index (χ2v) is 13.0. The lowest BCUT2D eigenvalue weighted by Crippen LogP contribution is -2.33. The van der Waals surface area contributed by atoms with Crippen LogP contribution in [-0.2, 0) is 0 Å². The number of carbonyl (C=O) groups excluding carboxylic acids is 2. The van der Waals surface area contributed by atoms with Gasteiger partial charge in [-0.05, 0) is 140 Å². The van der Waals surface area contributed by atoms with Crippen LogP contribution >= 0.6 is 0 Å². The zero-order valence-electron chi connectivity index (χ0n) is 25.3. The lowest BCUT2D eigenvalue weighted by molar-refractivity contribution is 0.0963. The summed E-state index contributed by atoms with van der Waals surface area (Å²) >= 11 is 0. The highest BCUT2D eigenvalue weighted by Gasteiger charge is 2.20. The number of hydrogen-bond acceptors (Lipinski definition) is 4. The fourth-order valence-corrected chi connectivity index (χ4v) is 6.74. The van der Waals surface area contributed by atoms with Crippen molar-refractivity contribution >= 4 is 33.4 Å². The molecule has 0 atom stereocenters. The summed E-state index contributed by atoms with van der Waals surface area (Å²) in [6.45, 7) is 15.7. The van der Waals surface area contributed by atoms with E-state index < -0.39 is 0 Å². The summed E-state index contributed by atoms with van der Waals surface area (Å²) in [5.41, 5.74) is 3.84. The Labute approximate surface area is 240 Å². The van der Waals surface area contributed by atoms with Crippen molar-refractivity contribution in [3.05, 3.63) is 47.5 Å². The van der Waals surface area contributed by atoms with Gasteiger partial charge in [0.05, 0.1) is 0 Å². The van der Waals surface area contributed by atoms with Crippen molar-refractivity contribution in [3.63, 3.8) is 0 Å². The van der Waals surface area contributed by atoms with Crippen molar-refractivity contribution in [3.8, 4) is 0 Å². The van der Waals surface area contributed by atoms with Crippen molar-refractivity contribution < 1.29 is 9.59 Å². The molecule has 5 heteroatoms. The van der Waals surface area contributed by atoms with Crippen LogP contribution in [-0.4, -0.2) is 65.2 Å². The number of Topliss-reactive ketones (excluding diaryl/α,β-unsaturated/α-hetero) is 2. The summed E-state index contributed by atoms with van der Waals surface area (Å²) in [7, 11) is 0. The van der Waals surface area contributed by atoms with E-state index in [1.807, 2.05) is 12.1 Å². The molecule has 0 amide bonds. The van der Waals surface area contributed by atoms with Gasteiger partial charge < -0.3 is 14.4 Å². The second-order valence-electron chi connectivity index (χ2n) is 13.0. The first-order valence-corrected chi connectivity index (χ1v) is 15.9. The number of piperidine rings is 2. The molecule has 2 aliphatic heterocycles. The van der Waals surface area contributed by atoms with Gasteiger partial charge in [-0.3, -0.25) is 9.59 Å². The van der Waals surface area contributed by atoms with E-state index in [1.54, 1.807) is 0 Å². The Hall–Kier alpha value is -2.50. The Morgan fingerprint density at radius 2 is 1.10 bits per heavy atom. The molecule has 3 aromatic rings. The summed E-state index contributed by atoms with van der Waals surface area (Å²) in [5, 5.41) is 2.16. The number of likely N-dealkylation sites (tertiary alicyclic amines) is 2. The maximum absolute atomic E-state index is 13.2. The minimum absolute atomic E-state index is 0.220. The highest BCUT2D eigenvalue weighted by Crippen LogP contribution is 2.34. The van der Waals surface area contributed by atoms with Gasteiger partial charge in [-0.1, -0.05) is 13.8 Å². The third kappa shape index (κ3) is 6.69. The van der Waals surface area contributed by atoms with E-state index in [9.17, 15) is 9.59 Å². The average molecular weight is 544 g/mol. The van der Waals surface area contributed by atoms with Crippen LogP contribution in [0.2, 0.25) is 0 Å². The zero-order valence-corrected chi connectivity index (χ0v) is 25.3. The maximum Gasteiger partial charge on any atom is 0.162 e. The highest BCUT2D eigenvalue weighted by molar-refractivity contribution is 6.13. The average Bonchev–Trinajstić information content (AvgIpc) is 3.28. The van der Waals surface area contributed by atoms with Gasteiger partial charge in [-0.25, -0.2) is 0 Å². The Morgan fingerprint density at radius 1 is 0.700 bits per heavy atom. The Kier molecular flexibility index (Phi) is 9.42. The Bertz CT molecular complexity index is 1230. The summed E-state index contributed by atoms with van der Waals surface area (Å²) in [4.78, 5) is 31.5. The first-order valence-electron chi connectivity index (χ1n) is 15.9. The van der Waals surface area contributed by atoms with E-state index in [0.717, 1.165) is 96.9 Å². The van der Waals surface area contributed by atoms with E-state index in [2.05, 4.69) is 66.3 Å². The molecule has 5 nitrogen and oxygen atoms in total. The smallest absolute Gasteiger partial charge is 0.162 e. The number of ketones is 2. The Morgan fingerprint density at radius 3 is 1.48 bits per heavy atom. The molecule has 2 saturated heterocycles. The van der Waals surface area contributed by atoms with E-state index >= 15 is 0 Å². The number of fused-ring (bicyclic) bond motifs is 3. The number of carbonyl (C=O) groups is 2. The first-order chi connectivity index (χ1) is 19.3. The summed E-state index contributed by atoms with van der Waals surface area (Å²) < 4.78 is 2.34. The highest BCUT2D eigenvalue weighted by atomic mass is 16.1. The standard InChI is InChI=1S/C35H49N3O2/c1-25(2)38-32-11-9-28(34(39)7-5-17-36-19-13-26(3)14-20-36)23-30(32)31-24-29(10-12-33(31)38)35(40)8-6-18-37-21-15-27(4)16-22-37/h9-12,23-27H,5-8,13-22H2,1-4H3. The number of benzene rings is 2. The minimum atomic E-state index is 0.220. The van der Waals surface area contributed by atoms with Gasteiger partial charge in [0, 0.05) is 51.8 Å². The van der Waals surface area contributed by atoms with Gasteiger partial charge in [-0.2, -0.15) is 0 Å². The van der Waals surface area contributed by atoms with Gasteiger partial charge >= 0.3 is 0 Å². The molecule has 216 valence electrons. The van der Waals surface area contributed by atoms with Gasteiger partial charge in [0.1, 0.15) is 0 Å². The number of aromatic nitrogens is 1. The third-order valence-electron chi connectivity index (χ3n) is 9.47. The Balaban J connectivity index is 1.29. The molecule has 0 bridgehead atoms. The van der Waals surface area contributed by atoms with Gasteiger partial charge in [0.25, 0.3) is 0 Å². The fraction of sp³-hybridized carbons (Fsp3) is 0.600. The molecule has 5 rings (SSSR count). The number of rotatable bonds is 11. The van der Waals surface area contributed by atoms with Gasteiger partial charge in [0.2, 0.25) is 0 Å². The molecule has 1 aromatic heterocycles. The monoisotopic (exact) mass is 543 g/mol. The van der Waals surface area contributed by atoms with Crippen LogP contribution in [0, 0.1) is 11.8 Å². The molecule has 0 radical (unpaired) electrons. The van der Waals surface area contributed by atoms with E-state index in [0.29, 0.717) is 12.8 Å². The van der Waals surface area contributed by atoms with Gasteiger partial charge in [0.15, 0.2) is 11.6 Å². The fourth-order valence-electron chi connectivity index (χ4n) is 6.74. The van der Waals surface area contributed by atoms with Crippen molar-refractivity contribution in [2.45, 2.75) is 85.1 Å². The molecule has 0 spiro atoms. The third-order valence-corrected chi connectivity index (χ3v) is 9.47. The predicted octanol–water partition coefficient (Wildman–Crippen LogP) is 7.77. The van der Waals surface area contributed by atoms with Crippen molar-refractivity contribution in [1.82, 2.24) is 14.4 Å². The van der Waals surface area contributed by atoms with Crippen LogP contribution < -0.4 is 0 Å². The zero-order chi connectivity index (χ0) is 28.2. The molecule has 2 fully saturated rings. The SMILES string of the molecule is CC1CCN(CCCC(=O)c2ccc3c(c2)c2cc(C(=O)CCCN4CCC(C)CC4)ccc2n3C(C)C)CC1. The van der Waals surface area contributed by atoms with Crippen LogP contribution in [0.15, 0.2) is 36.4 Å². The summed E-state index contributed by atoms with van der Waals surface area (Å²) in [5.74, 6) is 2.10. The molecule has 0 saturated carbocycles. The molecule has 0 N–H and O–H groups in total. The van der Waals surface area contributed by atoms with Crippen LogP contribution in [0.5, 0.6) is 0 Å². The number of nitrogens with zero attached hydrogens (tertiary/aromatic N) is 3. The lowest BCUT2D eigenvalue weighted by Gasteiger charge is -2.30. The maximum atomic E-state index is 13.2. The minimum Gasteiger partial charge on any atom is -0.338 e. The van der Waals surface area contributed by atoms with Crippen molar-refractivity contribution in [2.75, 3.05) is 39.3 Å². The molecular weight excluding hydrogens is 494 g/mol. The first kappa shape index (κ1) is 29.0. The summed E-state index contributed by atoms with van der Waals surface area (Å²) in [6.07, 6.45) is 8.07. The van der Waals surface area contributed by atoms with Crippen LogP contribution in [0.3, 0.4) is 0 Å². The van der Waals surface area contributed by atoms with E-state index in [-0.39, 0.29) is 17.6 Å². The molecular formula is C35H49N3O2. The van der Waals surface area contributed by atoms with Crippen molar-refractivity contribution in [1.29, 1.82) is 0 Å². The summed E-state index contributed by atoms with van der Waals surface area (Å²) in [6, 6.07) is 12.6. The normalized spacial score (nSPS) is 18.3. The largest absolute Gasteiger partial charge is 0.338 e. The van der Waals surface area contributed by atoms with Crippen LogP contribution in [0.25, 0.3) is 21.8 Å². The molecule has 40 heavy (non-hydrogen) atoms. The van der Waals surface area contributed by atoms with Gasteiger partial charge in [-0.15, -0.1) is 0 Å². The molecule has 3 heterocycles. The predicted molar refractivity (Wildman–Crippen MR) is 167 cm³/mol.